The van der Waals surface area contributed by atoms with E-state index < -0.39 is 6.10 Å². The van der Waals surface area contributed by atoms with Crippen LogP contribution in [0.4, 0.5) is 0 Å². The van der Waals surface area contributed by atoms with E-state index in [-0.39, 0.29) is 5.41 Å². The molecular weight excluding hydrogens is 362 g/mol. The fourth-order valence-corrected chi connectivity index (χ4v) is 3.94. The van der Waals surface area contributed by atoms with E-state index in [1.165, 1.54) is 5.56 Å². The molecule has 5 heteroatoms. The number of nitrogens with zero attached hydrogens (tertiary/aromatic N) is 3. The number of aliphatic imine (C=N–C) groups is 2. The van der Waals surface area contributed by atoms with Gasteiger partial charge in [-0.1, -0.05) is 20.8 Å². The minimum atomic E-state index is -0.553. The number of hydrogen-bond donors (Lipinski definition) is 1. The Balaban J connectivity index is 2.30. The molecule has 2 heterocycles. The van der Waals surface area contributed by atoms with Gasteiger partial charge in [0.15, 0.2) is 0 Å². The van der Waals surface area contributed by atoms with Gasteiger partial charge in [0, 0.05) is 35.5 Å². The Morgan fingerprint density at radius 2 is 2.10 bits per heavy atom. The summed E-state index contributed by atoms with van der Waals surface area (Å²) in [6, 6.07) is 2.20. The molecular formula is C24H33N3O2. The van der Waals surface area contributed by atoms with Gasteiger partial charge in [-0.25, -0.2) is 9.98 Å². The number of aliphatic hydroxyl groups excluding tert-OH is 1. The molecule has 1 aromatic heterocycles. The fourth-order valence-electron chi connectivity index (χ4n) is 3.94. The first-order valence-corrected chi connectivity index (χ1v) is 10.3. The minimum Gasteiger partial charge on any atom is -0.491 e. The smallest absolute Gasteiger partial charge is 0.147 e. The highest BCUT2D eigenvalue weighted by Gasteiger charge is 2.26. The van der Waals surface area contributed by atoms with Crippen LogP contribution in [0.5, 0.6) is 5.75 Å². The van der Waals surface area contributed by atoms with Gasteiger partial charge in [-0.05, 0) is 62.9 Å². The van der Waals surface area contributed by atoms with E-state index in [2.05, 4.69) is 61.2 Å². The van der Waals surface area contributed by atoms with Crippen molar-refractivity contribution >= 4 is 29.0 Å². The topological polar surface area (TPSA) is 59.1 Å². The van der Waals surface area contributed by atoms with Gasteiger partial charge in [0.05, 0.1) is 18.2 Å². The number of hydrogen-bond acceptors (Lipinski definition) is 3. The van der Waals surface area contributed by atoms with Crippen molar-refractivity contribution in [1.29, 1.82) is 0 Å². The number of benzene rings is 1. The third-order valence-electron chi connectivity index (χ3n) is 5.26. The van der Waals surface area contributed by atoms with Gasteiger partial charge in [0.25, 0.3) is 0 Å². The minimum absolute atomic E-state index is 0.113. The van der Waals surface area contributed by atoms with E-state index in [4.69, 9.17) is 4.74 Å². The summed E-state index contributed by atoms with van der Waals surface area (Å²) in [7, 11) is 0. The SMILES string of the molecule is C=N/C(C)=N\C=C(/C)c1cc2c(C(C)O)cn(CC(C)(C)C)c2c2c1CCCO2. The van der Waals surface area contributed by atoms with E-state index >= 15 is 0 Å². The largest absolute Gasteiger partial charge is 0.491 e. The zero-order chi connectivity index (χ0) is 21.3. The van der Waals surface area contributed by atoms with E-state index in [1.54, 1.807) is 0 Å². The molecule has 156 valence electrons. The van der Waals surface area contributed by atoms with Crippen molar-refractivity contribution < 1.29 is 9.84 Å². The number of rotatable bonds is 4. The Morgan fingerprint density at radius 3 is 2.72 bits per heavy atom. The number of allylic oxidation sites excluding steroid dienone is 1. The monoisotopic (exact) mass is 395 g/mol. The van der Waals surface area contributed by atoms with Crippen LogP contribution in [0.15, 0.2) is 28.4 Å². The molecule has 0 aliphatic carbocycles. The molecule has 0 bridgehead atoms. The molecule has 1 unspecified atom stereocenters. The zero-order valence-corrected chi connectivity index (χ0v) is 18.5. The van der Waals surface area contributed by atoms with Crippen LogP contribution in [0.3, 0.4) is 0 Å². The summed E-state index contributed by atoms with van der Waals surface area (Å²) in [5.41, 5.74) is 5.54. The quantitative estimate of drug-likeness (QED) is 0.545. The summed E-state index contributed by atoms with van der Waals surface area (Å²) < 4.78 is 8.49. The predicted octanol–water partition coefficient (Wildman–Crippen LogP) is 5.55. The van der Waals surface area contributed by atoms with Crippen LogP contribution in [0.2, 0.25) is 0 Å². The summed E-state index contributed by atoms with van der Waals surface area (Å²) in [6.45, 7) is 17.5. The van der Waals surface area contributed by atoms with Gasteiger partial charge < -0.3 is 14.4 Å². The number of amidine groups is 1. The van der Waals surface area contributed by atoms with Gasteiger partial charge >= 0.3 is 0 Å². The first kappa shape index (κ1) is 21.3. The fraction of sp³-hybridized carbons (Fsp3) is 0.500. The molecule has 0 radical (unpaired) electrons. The summed E-state index contributed by atoms with van der Waals surface area (Å²) in [6.07, 6.45) is 5.35. The lowest BCUT2D eigenvalue weighted by Crippen LogP contribution is -2.16. The molecule has 1 aromatic carbocycles. The number of fused-ring (bicyclic) bond motifs is 3. The second-order valence-electron chi connectivity index (χ2n) is 9.18. The van der Waals surface area contributed by atoms with Crippen LogP contribution in [-0.2, 0) is 13.0 Å². The highest BCUT2D eigenvalue weighted by Crippen LogP contribution is 2.42. The van der Waals surface area contributed by atoms with E-state index in [9.17, 15) is 5.11 Å². The molecule has 1 aliphatic rings. The maximum atomic E-state index is 10.5. The van der Waals surface area contributed by atoms with Crippen molar-refractivity contribution in [3.63, 3.8) is 0 Å². The molecule has 29 heavy (non-hydrogen) atoms. The third-order valence-corrected chi connectivity index (χ3v) is 5.26. The predicted molar refractivity (Wildman–Crippen MR) is 122 cm³/mol. The highest BCUT2D eigenvalue weighted by molar-refractivity contribution is 5.95. The Labute approximate surface area is 173 Å². The third kappa shape index (κ3) is 4.45. The number of aromatic nitrogens is 1. The Kier molecular flexibility index (Phi) is 5.99. The Morgan fingerprint density at radius 1 is 1.38 bits per heavy atom. The van der Waals surface area contributed by atoms with Crippen LogP contribution in [0, 0.1) is 5.41 Å². The van der Waals surface area contributed by atoms with Gasteiger partial charge in [-0.2, -0.15) is 0 Å². The van der Waals surface area contributed by atoms with E-state index in [0.29, 0.717) is 5.84 Å². The molecule has 0 fully saturated rings. The van der Waals surface area contributed by atoms with E-state index in [0.717, 1.165) is 59.3 Å². The van der Waals surface area contributed by atoms with Crippen LogP contribution in [-0.4, -0.2) is 28.8 Å². The van der Waals surface area contributed by atoms with E-state index in [1.807, 2.05) is 20.0 Å². The molecule has 5 nitrogen and oxygen atoms in total. The second-order valence-corrected chi connectivity index (χ2v) is 9.18. The standard InChI is InChI=1S/C24H33N3O2/c1-15(12-26-17(3)25-7)19-11-20-21(16(2)28)13-27(14-24(4,5)6)22(20)23-18(19)9-8-10-29-23/h11-13,16,28H,7-10,14H2,1-6H3/b15-12+,26-17-. The number of aliphatic hydroxyl groups is 1. The maximum absolute atomic E-state index is 10.5. The number of ether oxygens (including phenoxy) is 1. The molecule has 1 N–H and O–H groups in total. The van der Waals surface area contributed by atoms with Crippen molar-refractivity contribution in [1.82, 2.24) is 4.57 Å². The average Bonchev–Trinajstić information content (AvgIpc) is 3.02. The van der Waals surface area contributed by atoms with Crippen LogP contribution < -0.4 is 4.74 Å². The van der Waals surface area contributed by atoms with Crippen molar-refractivity contribution in [2.24, 2.45) is 15.4 Å². The van der Waals surface area contributed by atoms with Crippen LogP contribution in [0.25, 0.3) is 16.5 Å². The molecule has 3 rings (SSSR count). The van der Waals surface area contributed by atoms with Gasteiger partial charge in [-0.3, -0.25) is 0 Å². The zero-order valence-electron chi connectivity index (χ0n) is 18.5. The van der Waals surface area contributed by atoms with Crippen molar-refractivity contribution in [2.45, 2.75) is 67.0 Å². The average molecular weight is 396 g/mol. The summed E-state index contributed by atoms with van der Waals surface area (Å²) in [5, 5.41) is 11.5. The molecule has 0 saturated heterocycles. The van der Waals surface area contributed by atoms with Gasteiger partial charge in [0.1, 0.15) is 11.6 Å². The molecule has 2 aromatic rings. The lowest BCUT2D eigenvalue weighted by atomic mass is 9.92. The van der Waals surface area contributed by atoms with Crippen molar-refractivity contribution in [3.05, 3.63) is 35.2 Å². The lowest BCUT2D eigenvalue weighted by Gasteiger charge is -2.25. The molecule has 0 spiro atoms. The first-order chi connectivity index (χ1) is 13.6. The summed E-state index contributed by atoms with van der Waals surface area (Å²) in [4.78, 5) is 8.25. The van der Waals surface area contributed by atoms with Crippen LogP contribution >= 0.6 is 0 Å². The van der Waals surface area contributed by atoms with Gasteiger partial charge in [-0.15, -0.1) is 0 Å². The summed E-state index contributed by atoms with van der Waals surface area (Å²) in [5.74, 6) is 1.59. The van der Waals surface area contributed by atoms with Crippen LogP contribution in [0.1, 0.15) is 70.8 Å². The van der Waals surface area contributed by atoms with Crippen molar-refractivity contribution in [2.75, 3.05) is 6.61 Å². The Bertz CT molecular complexity index is 988. The summed E-state index contributed by atoms with van der Waals surface area (Å²) >= 11 is 0. The normalized spacial score (nSPS) is 16.5. The molecule has 1 atom stereocenters. The maximum Gasteiger partial charge on any atom is 0.147 e. The first-order valence-electron chi connectivity index (χ1n) is 10.3. The lowest BCUT2D eigenvalue weighted by molar-refractivity contribution is 0.200. The van der Waals surface area contributed by atoms with Crippen molar-refractivity contribution in [3.8, 4) is 5.75 Å². The molecule has 0 saturated carbocycles. The molecule has 0 amide bonds. The second kappa shape index (κ2) is 8.15. The highest BCUT2D eigenvalue weighted by atomic mass is 16.5. The molecule has 1 aliphatic heterocycles. The van der Waals surface area contributed by atoms with Gasteiger partial charge in [0.2, 0.25) is 0 Å². The Hall–Kier alpha value is -2.40.